The second-order valence-electron chi connectivity index (χ2n) is 5.49. The van der Waals surface area contributed by atoms with E-state index in [1.807, 2.05) is 31.9 Å². The molecule has 2 aromatic rings. The van der Waals surface area contributed by atoms with Gasteiger partial charge in [-0.05, 0) is 56.2 Å². The van der Waals surface area contributed by atoms with E-state index in [1.165, 1.54) is 0 Å². The van der Waals surface area contributed by atoms with E-state index in [-0.39, 0.29) is 12.6 Å². The highest BCUT2D eigenvalue weighted by molar-refractivity contribution is 5.92. The molecule has 0 unspecified atom stereocenters. The molecule has 0 saturated carbocycles. The first-order valence-corrected chi connectivity index (χ1v) is 7.81. The van der Waals surface area contributed by atoms with Crippen molar-refractivity contribution in [3.05, 3.63) is 52.8 Å². The van der Waals surface area contributed by atoms with Gasteiger partial charge < -0.3 is 9.64 Å². The van der Waals surface area contributed by atoms with E-state index < -0.39 is 0 Å². The smallest absolute Gasteiger partial charge is 0.338 e. The molecule has 0 aliphatic carbocycles. The minimum absolute atomic E-state index is 0.104. The fourth-order valence-corrected chi connectivity index (χ4v) is 2.04. The Hall–Kier alpha value is -2.76. The molecular formula is C18H22N4O2. The van der Waals surface area contributed by atoms with Crippen LogP contribution in [0.5, 0.6) is 0 Å². The van der Waals surface area contributed by atoms with Gasteiger partial charge in [0.25, 0.3) is 0 Å². The van der Waals surface area contributed by atoms with Crippen molar-refractivity contribution >= 4 is 18.0 Å². The highest BCUT2D eigenvalue weighted by Crippen LogP contribution is 2.25. The summed E-state index contributed by atoms with van der Waals surface area (Å²) in [5.74, 6) is -0.373. The number of carbonyl (C=O) groups excluding carboxylic acids is 1. The summed E-state index contributed by atoms with van der Waals surface area (Å²) < 4.78 is 5.32. The summed E-state index contributed by atoms with van der Waals surface area (Å²) in [7, 11) is 1.96. The molecule has 0 aliphatic rings. The predicted octanol–water partition coefficient (Wildman–Crippen LogP) is 3.06. The van der Waals surface area contributed by atoms with Crippen LogP contribution < -0.4 is 0 Å². The molecule has 1 aromatic carbocycles. The second kappa shape index (κ2) is 8.19. The summed E-state index contributed by atoms with van der Waals surface area (Å²) in [6.45, 7) is 6.89. The minimum atomic E-state index is -0.373. The summed E-state index contributed by atoms with van der Waals surface area (Å²) in [6.07, 6.45) is 3.36. The monoisotopic (exact) mass is 326 g/mol. The van der Waals surface area contributed by atoms with Crippen LogP contribution in [-0.2, 0) is 11.3 Å². The van der Waals surface area contributed by atoms with E-state index in [0.29, 0.717) is 11.3 Å². The molecule has 24 heavy (non-hydrogen) atoms. The van der Waals surface area contributed by atoms with Crippen LogP contribution >= 0.6 is 0 Å². The fourth-order valence-electron chi connectivity index (χ4n) is 2.04. The van der Waals surface area contributed by atoms with Crippen LogP contribution in [-0.4, -0.2) is 41.0 Å². The zero-order valence-corrected chi connectivity index (χ0v) is 14.5. The molecule has 6 nitrogen and oxygen atoms in total. The summed E-state index contributed by atoms with van der Waals surface area (Å²) >= 11 is 0. The van der Waals surface area contributed by atoms with Crippen LogP contribution in [0, 0.1) is 13.8 Å². The Morgan fingerprint density at radius 2 is 2.08 bits per heavy atom. The Kier molecular flexibility index (Phi) is 6.01. The van der Waals surface area contributed by atoms with Crippen LogP contribution in [0.1, 0.15) is 34.1 Å². The number of esters is 1. The summed E-state index contributed by atoms with van der Waals surface area (Å²) in [5.41, 5.74) is 3.83. The molecule has 0 amide bonds. The van der Waals surface area contributed by atoms with Crippen LogP contribution in [0.4, 0.5) is 5.69 Å². The number of aliphatic imine (C=N–C) groups is 1. The van der Waals surface area contributed by atoms with Crippen molar-refractivity contribution in [3.8, 4) is 0 Å². The van der Waals surface area contributed by atoms with E-state index in [2.05, 4.69) is 22.1 Å². The predicted molar refractivity (Wildman–Crippen MR) is 93.5 cm³/mol. The van der Waals surface area contributed by atoms with Gasteiger partial charge in [0, 0.05) is 19.8 Å². The lowest BCUT2D eigenvalue weighted by Crippen LogP contribution is -2.14. The van der Waals surface area contributed by atoms with Gasteiger partial charge in [-0.15, -0.1) is 0 Å². The first-order chi connectivity index (χ1) is 11.5. The molecule has 2 rings (SSSR count). The summed E-state index contributed by atoms with van der Waals surface area (Å²) in [4.78, 5) is 18.7. The third kappa shape index (κ3) is 4.38. The molecule has 126 valence electrons. The van der Waals surface area contributed by atoms with Crippen molar-refractivity contribution in [3.63, 3.8) is 0 Å². The molecule has 0 bridgehead atoms. The molecule has 1 heterocycles. The molecule has 0 fully saturated rings. The normalized spacial score (nSPS) is 10.8. The maximum absolute atomic E-state index is 12.3. The van der Waals surface area contributed by atoms with Gasteiger partial charge in [0.1, 0.15) is 12.3 Å². The topological polar surface area (TPSA) is 67.7 Å². The molecule has 6 heteroatoms. The lowest BCUT2D eigenvalue weighted by Gasteiger charge is -2.12. The van der Waals surface area contributed by atoms with Gasteiger partial charge in [0.05, 0.1) is 17.6 Å². The van der Waals surface area contributed by atoms with Gasteiger partial charge in [-0.1, -0.05) is 0 Å². The minimum Gasteiger partial charge on any atom is -0.455 e. The number of benzene rings is 1. The summed E-state index contributed by atoms with van der Waals surface area (Å²) in [5, 5.41) is 7.66. The maximum atomic E-state index is 12.3. The summed E-state index contributed by atoms with van der Waals surface area (Å²) in [6, 6.07) is 7.10. The third-order valence-electron chi connectivity index (χ3n) is 3.85. The van der Waals surface area contributed by atoms with Crippen molar-refractivity contribution in [1.82, 2.24) is 15.1 Å². The molecule has 0 saturated heterocycles. The van der Waals surface area contributed by atoms with Crippen LogP contribution in [0.3, 0.4) is 0 Å². The fraction of sp³-hybridized carbons (Fsp3) is 0.333. The average Bonchev–Trinajstić information content (AvgIpc) is 2.61. The van der Waals surface area contributed by atoms with E-state index in [9.17, 15) is 4.79 Å². The van der Waals surface area contributed by atoms with Crippen molar-refractivity contribution in [1.29, 1.82) is 0 Å². The number of rotatable bonds is 6. The van der Waals surface area contributed by atoms with E-state index in [0.717, 1.165) is 23.4 Å². The molecule has 0 radical (unpaired) electrons. The Balaban J connectivity index is 2.12. The quantitative estimate of drug-likeness (QED) is 0.464. The number of carbonyl (C=O) groups is 1. The van der Waals surface area contributed by atoms with Crippen molar-refractivity contribution in [2.24, 2.45) is 4.99 Å². The maximum Gasteiger partial charge on any atom is 0.338 e. The average molecular weight is 326 g/mol. The molecular weight excluding hydrogens is 304 g/mol. The second-order valence-corrected chi connectivity index (χ2v) is 5.49. The van der Waals surface area contributed by atoms with E-state index >= 15 is 0 Å². The zero-order valence-electron chi connectivity index (χ0n) is 14.5. The number of aromatic nitrogens is 2. The van der Waals surface area contributed by atoms with Gasteiger partial charge in [-0.2, -0.15) is 10.2 Å². The Morgan fingerprint density at radius 1 is 1.29 bits per heavy atom. The molecule has 0 N–H and O–H groups in total. The highest BCUT2D eigenvalue weighted by atomic mass is 16.5. The Bertz CT molecular complexity index is 729. The van der Waals surface area contributed by atoms with Crippen molar-refractivity contribution in [2.45, 2.75) is 27.4 Å². The number of hydrogen-bond acceptors (Lipinski definition) is 5. The standard InChI is InChI=1S/C18H22N4O2/c1-5-22(4)12-19-17-9-8-16(13(2)14(17)3)18(23)24-11-15-7-6-10-20-21-15/h6-10,12H,5,11H2,1-4H3. The molecule has 0 spiro atoms. The van der Waals surface area contributed by atoms with Gasteiger partial charge >= 0.3 is 5.97 Å². The lowest BCUT2D eigenvalue weighted by atomic mass is 10.0. The Morgan fingerprint density at radius 3 is 2.75 bits per heavy atom. The molecule has 0 aliphatic heterocycles. The van der Waals surface area contributed by atoms with Crippen LogP contribution in [0.25, 0.3) is 0 Å². The highest BCUT2D eigenvalue weighted by Gasteiger charge is 2.14. The molecule has 1 aromatic heterocycles. The van der Waals surface area contributed by atoms with Gasteiger partial charge in [0.2, 0.25) is 0 Å². The largest absolute Gasteiger partial charge is 0.455 e. The van der Waals surface area contributed by atoms with Gasteiger partial charge in [-0.3, -0.25) is 0 Å². The van der Waals surface area contributed by atoms with Gasteiger partial charge in [-0.25, -0.2) is 9.79 Å². The number of nitrogens with zero attached hydrogens (tertiary/aromatic N) is 4. The first kappa shape index (κ1) is 17.6. The Labute approximate surface area is 142 Å². The van der Waals surface area contributed by atoms with Crippen molar-refractivity contribution < 1.29 is 9.53 Å². The van der Waals surface area contributed by atoms with E-state index in [1.54, 1.807) is 30.7 Å². The zero-order chi connectivity index (χ0) is 17.5. The lowest BCUT2D eigenvalue weighted by molar-refractivity contribution is 0.0466. The number of ether oxygens (including phenoxy) is 1. The SMILES string of the molecule is CCN(C)C=Nc1ccc(C(=O)OCc2cccnn2)c(C)c1C. The van der Waals surface area contributed by atoms with Crippen molar-refractivity contribution in [2.75, 3.05) is 13.6 Å². The van der Waals surface area contributed by atoms with Crippen LogP contribution in [0.15, 0.2) is 35.5 Å². The number of hydrogen-bond donors (Lipinski definition) is 0. The first-order valence-electron chi connectivity index (χ1n) is 7.81. The molecule has 0 atom stereocenters. The van der Waals surface area contributed by atoms with E-state index in [4.69, 9.17) is 4.74 Å². The third-order valence-corrected chi connectivity index (χ3v) is 3.85. The van der Waals surface area contributed by atoms with Crippen LogP contribution in [0.2, 0.25) is 0 Å². The van der Waals surface area contributed by atoms with Gasteiger partial charge in [0.15, 0.2) is 0 Å².